The van der Waals surface area contributed by atoms with Gasteiger partial charge >= 0.3 is 0 Å². The Labute approximate surface area is 160 Å². The van der Waals surface area contributed by atoms with Crippen molar-refractivity contribution in [3.05, 3.63) is 60.4 Å². The summed E-state index contributed by atoms with van der Waals surface area (Å²) in [5.41, 5.74) is 3.15. The summed E-state index contributed by atoms with van der Waals surface area (Å²) < 4.78 is 21.8. The smallest absolute Gasteiger partial charge is 0.219 e. The van der Waals surface area contributed by atoms with Crippen molar-refractivity contribution in [1.82, 2.24) is 24.7 Å². The average molecular weight is 374 g/mol. The number of hydrogen-bond donors (Lipinski definition) is 0. The lowest BCUT2D eigenvalue weighted by atomic mass is 10.1. The average Bonchev–Trinajstić information content (AvgIpc) is 3.15. The van der Waals surface area contributed by atoms with Gasteiger partial charge in [-0.15, -0.1) is 5.10 Å². The highest BCUT2D eigenvalue weighted by atomic mass is 19.1. The fraction of sp³-hybridized carbons (Fsp3) is 0.150. The number of fused-ring (bicyclic) bond motifs is 1. The molecule has 138 valence electrons. The first-order chi connectivity index (χ1) is 13.6. The van der Waals surface area contributed by atoms with Crippen LogP contribution in [0.4, 0.5) is 4.39 Å². The van der Waals surface area contributed by atoms with Crippen LogP contribution in [-0.4, -0.2) is 24.7 Å². The van der Waals surface area contributed by atoms with Crippen LogP contribution >= 0.6 is 0 Å². The van der Waals surface area contributed by atoms with Gasteiger partial charge in [-0.2, -0.15) is 10.4 Å². The number of imidazole rings is 1. The zero-order chi connectivity index (χ0) is 19.7. The Morgan fingerprint density at radius 3 is 2.71 bits per heavy atom. The molecule has 4 aromatic rings. The molecule has 7 nitrogen and oxygen atoms in total. The Bertz CT molecular complexity index is 1190. The summed E-state index contributed by atoms with van der Waals surface area (Å²) in [4.78, 5) is 8.47. The van der Waals surface area contributed by atoms with E-state index in [1.165, 1.54) is 18.3 Å². The Balaban J connectivity index is 1.75. The largest absolute Gasteiger partial charge is 0.436 e. The maximum absolute atomic E-state index is 14.3. The number of nitriles is 1. The van der Waals surface area contributed by atoms with Crippen LogP contribution in [0, 0.1) is 17.1 Å². The molecule has 0 fully saturated rings. The lowest BCUT2D eigenvalue weighted by molar-refractivity contribution is 0.428. The molecule has 0 radical (unpaired) electrons. The number of halogens is 1. The van der Waals surface area contributed by atoms with Crippen molar-refractivity contribution in [3.63, 3.8) is 0 Å². The SMILES string of the molecule is CC(C)n1cnc2c(-c3ccc(F)c(Oc4ccc(C#N)cn4)c3)cnnc21. The van der Waals surface area contributed by atoms with Gasteiger partial charge in [0.05, 0.1) is 18.1 Å². The Morgan fingerprint density at radius 2 is 2.00 bits per heavy atom. The summed E-state index contributed by atoms with van der Waals surface area (Å²) in [6.45, 7) is 4.06. The Hall–Kier alpha value is -3.86. The lowest BCUT2D eigenvalue weighted by Crippen LogP contribution is -2.00. The summed E-state index contributed by atoms with van der Waals surface area (Å²) in [6.07, 6.45) is 4.68. The van der Waals surface area contributed by atoms with Crippen molar-refractivity contribution < 1.29 is 9.13 Å². The molecule has 0 aliphatic heterocycles. The summed E-state index contributed by atoms with van der Waals surface area (Å²) in [7, 11) is 0. The topological polar surface area (TPSA) is 89.5 Å². The van der Waals surface area contributed by atoms with Crippen LogP contribution in [0.5, 0.6) is 11.6 Å². The molecule has 0 unspecified atom stereocenters. The molecule has 8 heteroatoms. The van der Waals surface area contributed by atoms with Crippen LogP contribution in [0.2, 0.25) is 0 Å². The molecule has 0 atom stereocenters. The maximum atomic E-state index is 14.3. The molecule has 0 amide bonds. The predicted octanol–water partition coefficient (Wildman–Crippen LogP) is 4.27. The quantitative estimate of drug-likeness (QED) is 0.530. The molecule has 3 aromatic heterocycles. The first kappa shape index (κ1) is 17.5. The van der Waals surface area contributed by atoms with E-state index in [0.717, 1.165) is 5.56 Å². The van der Waals surface area contributed by atoms with Crippen molar-refractivity contribution in [2.24, 2.45) is 0 Å². The second-order valence-corrected chi connectivity index (χ2v) is 6.42. The van der Waals surface area contributed by atoms with Gasteiger partial charge in [0.2, 0.25) is 5.88 Å². The minimum absolute atomic E-state index is 0.0166. The van der Waals surface area contributed by atoms with E-state index in [0.29, 0.717) is 22.3 Å². The van der Waals surface area contributed by atoms with Crippen molar-refractivity contribution >= 4 is 11.2 Å². The molecule has 28 heavy (non-hydrogen) atoms. The monoisotopic (exact) mass is 374 g/mol. The second-order valence-electron chi connectivity index (χ2n) is 6.42. The van der Waals surface area contributed by atoms with E-state index >= 15 is 0 Å². The van der Waals surface area contributed by atoms with Gasteiger partial charge in [-0.1, -0.05) is 6.07 Å². The summed E-state index contributed by atoms with van der Waals surface area (Å²) in [5, 5.41) is 17.1. The zero-order valence-electron chi connectivity index (χ0n) is 15.2. The van der Waals surface area contributed by atoms with Crippen LogP contribution in [0.15, 0.2) is 49.1 Å². The van der Waals surface area contributed by atoms with Gasteiger partial charge in [-0.25, -0.2) is 14.4 Å². The standard InChI is InChI=1S/C20H15FN6O/c1-12(2)27-11-24-19-15(10-25-26-20(19)27)14-4-5-16(21)17(7-14)28-18-6-3-13(8-22)9-23-18/h3-7,9-12H,1-2H3. The predicted molar refractivity (Wildman–Crippen MR) is 100 cm³/mol. The molecule has 0 aliphatic carbocycles. The Morgan fingerprint density at radius 1 is 1.14 bits per heavy atom. The van der Waals surface area contributed by atoms with Crippen molar-refractivity contribution in [1.29, 1.82) is 5.26 Å². The fourth-order valence-corrected chi connectivity index (χ4v) is 2.80. The van der Waals surface area contributed by atoms with Crippen LogP contribution in [0.3, 0.4) is 0 Å². The van der Waals surface area contributed by atoms with Crippen molar-refractivity contribution in [3.8, 4) is 28.8 Å². The van der Waals surface area contributed by atoms with E-state index in [1.54, 1.807) is 30.7 Å². The number of rotatable bonds is 4. The number of hydrogen-bond acceptors (Lipinski definition) is 6. The number of benzene rings is 1. The molecule has 0 saturated heterocycles. The zero-order valence-corrected chi connectivity index (χ0v) is 15.2. The molecular formula is C20H15FN6O. The van der Waals surface area contributed by atoms with E-state index in [4.69, 9.17) is 10.00 Å². The summed E-state index contributed by atoms with van der Waals surface area (Å²) >= 11 is 0. The minimum Gasteiger partial charge on any atom is -0.436 e. The van der Waals surface area contributed by atoms with E-state index < -0.39 is 5.82 Å². The fourth-order valence-electron chi connectivity index (χ4n) is 2.80. The van der Waals surface area contributed by atoms with Crippen LogP contribution in [0.25, 0.3) is 22.3 Å². The number of nitrogens with zero attached hydrogens (tertiary/aromatic N) is 6. The van der Waals surface area contributed by atoms with Crippen LogP contribution < -0.4 is 4.74 Å². The normalized spacial score (nSPS) is 11.0. The summed E-state index contributed by atoms with van der Waals surface area (Å²) in [6, 6.07) is 9.75. The first-order valence-electron chi connectivity index (χ1n) is 8.59. The third-order valence-corrected chi connectivity index (χ3v) is 4.24. The van der Waals surface area contributed by atoms with Crippen LogP contribution in [-0.2, 0) is 0 Å². The van der Waals surface area contributed by atoms with Crippen LogP contribution in [0.1, 0.15) is 25.5 Å². The molecule has 1 aromatic carbocycles. The Kier molecular flexibility index (Phi) is 4.41. The molecule has 0 N–H and O–H groups in total. The van der Waals surface area contributed by atoms with Gasteiger partial charge in [-0.05, 0) is 37.6 Å². The lowest BCUT2D eigenvalue weighted by Gasteiger charge is -2.09. The third-order valence-electron chi connectivity index (χ3n) is 4.24. The molecule has 0 bridgehead atoms. The molecule has 0 spiro atoms. The van der Waals surface area contributed by atoms with Crippen molar-refractivity contribution in [2.45, 2.75) is 19.9 Å². The van der Waals surface area contributed by atoms with Crippen molar-refractivity contribution in [2.75, 3.05) is 0 Å². The minimum atomic E-state index is -0.527. The van der Waals surface area contributed by atoms with Gasteiger partial charge in [0.1, 0.15) is 11.6 Å². The molecule has 4 rings (SSSR count). The second kappa shape index (κ2) is 7.04. The number of aromatic nitrogens is 5. The molecule has 0 aliphatic rings. The summed E-state index contributed by atoms with van der Waals surface area (Å²) in [5.74, 6) is -0.319. The number of ether oxygens (including phenoxy) is 1. The van der Waals surface area contributed by atoms with Gasteiger partial charge in [-0.3, -0.25) is 0 Å². The highest BCUT2D eigenvalue weighted by Crippen LogP contribution is 2.32. The van der Waals surface area contributed by atoms with E-state index in [-0.39, 0.29) is 17.7 Å². The first-order valence-corrected chi connectivity index (χ1v) is 8.59. The number of pyridine rings is 1. The molecule has 3 heterocycles. The highest BCUT2D eigenvalue weighted by Gasteiger charge is 2.15. The third kappa shape index (κ3) is 3.14. The van der Waals surface area contributed by atoms with Gasteiger partial charge in [0.25, 0.3) is 0 Å². The maximum Gasteiger partial charge on any atom is 0.219 e. The molecule has 0 saturated carbocycles. The van der Waals surface area contributed by atoms with Gasteiger partial charge in [0.15, 0.2) is 17.2 Å². The van der Waals surface area contributed by atoms with Gasteiger partial charge < -0.3 is 9.30 Å². The van der Waals surface area contributed by atoms with E-state index in [9.17, 15) is 4.39 Å². The molecular weight excluding hydrogens is 359 g/mol. The van der Waals surface area contributed by atoms with E-state index in [1.807, 2.05) is 24.5 Å². The van der Waals surface area contributed by atoms with Gasteiger partial charge in [0, 0.05) is 23.9 Å². The highest BCUT2D eigenvalue weighted by molar-refractivity contribution is 5.89. The van der Waals surface area contributed by atoms with E-state index in [2.05, 4.69) is 20.2 Å².